The lowest BCUT2D eigenvalue weighted by atomic mass is 9.96. The third kappa shape index (κ3) is 7.24. The summed E-state index contributed by atoms with van der Waals surface area (Å²) < 4.78 is 5.80. The maximum absolute atomic E-state index is 13.0. The van der Waals surface area contributed by atoms with Gasteiger partial charge in [0.25, 0.3) is 0 Å². The first-order valence-electron chi connectivity index (χ1n) is 12.3. The number of aromatic nitrogens is 3. The minimum absolute atomic E-state index is 0.198. The van der Waals surface area contributed by atoms with Crippen LogP contribution in [-0.2, 0) is 30.5 Å². The van der Waals surface area contributed by atoms with E-state index in [9.17, 15) is 4.79 Å². The van der Waals surface area contributed by atoms with Crippen molar-refractivity contribution < 1.29 is 9.21 Å². The van der Waals surface area contributed by atoms with E-state index in [1.807, 2.05) is 24.4 Å². The normalized spacial score (nSPS) is 16.1. The summed E-state index contributed by atoms with van der Waals surface area (Å²) >= 11 is 0. The molecular weight excluding hydrogens is 412 g/mol. The first-order valence-corrected chi connectivity index (χ1v) is 12.3. The molecule has 6 nitrogen and oxygen atoms in total. The average molecular weight is 447 g/mol. The van der Waals surface area contributed by atoms with Crippen molar-refractivity contribution in [3.05, 3.63) is 77.8 Å². The quantitative estimate of drug-likeness (QED) is 0.389. The van der Waals surface area contributed by atoms with Gasteiger partial charge in [-0.3, -0.25) is 9.78 Å². The molecule has 0 aliphatic carbocycles. The van der Waals surface area contributed by atoms with Crippen molar-refractivity contribution in [3.8, 4) is 0 Å². The van der Waals surface area contributed by atoms with Gasteiger partial charge in [0.1, 0.15) is 0 Å². The van der Waals surface area contributed by atoms with Crippen LogP contribution in [0.4, 0.5) is 0 Å². The number of likely N-dealkylation sites (tertiary alicyclic amines) is 1. The van der Waals surface area contributed by atoms with Crippen molar-refractivity contribution in [2.45, 2.75) is 76.7 Å². The van der Waals surface area contributed by atoms with Crippen LogP contribution in [0.3, 0.4) is 0 Å². The Morgan fingerprint density at radius 1 is 0.909 bits per heavy atom. The molecule has 1 aliphatic rings. The summed E-state index contributed by atoms with van der Waals surface area (Å²) in [7, 11) is 0. The van der Waals surface area contributed by atoms with Gasteiger partial charge in [-0.05, 0) is 69.1 Å². The molecule has 1 aromatic carbocycles. The minimum Gasteiger partial charge on any atom is -0.425 e. The van der Waals surface area contributed by atoms with Gasteiger partial charge in [0, 0.05) is 43.7 Å². The molecule has 1 unspecified atom stereocenters. The second kappa shape index (κ2) is 12.3. The topological polar surface area (TPSA) is 72.1 Å². The number of hydrogen-bond donors (Lipinski definition) is 0. The molecule has 1 amide bonds. The number of rotatable bonds is 11. The van der Waals surface area contributed by atoms with Crippen molar-refractivity contribution in [1.82, 2.24) is 20.1 Å². The van der Waals surface area contributed by atoms with Gasteiger partial charge in [0.15, 0.2) is 0 Å². The molecule has 1 aliphatic heterocycles. The zero-order valence-corrected chi connectivity index (χ0v) is 19.4. The number of unbranched alkanes of at least 4 members (excludes halogenated alkanes) is 1. The van der Waals surface area contributed by atoms with Gasteiger partial charge >= 0.3 is 0 Å². The largest absolute Gasteiger partial charge is 0.425 e. The molecule has 2 aromatic heterocycles. The van der Waals surface area contributed by atoms with E-state index in [2.05, 4.69) is 50.4 Å². The molecule has 4 rings (SSSR count). The second-order valence-electron chi connectivity index (χ2n) is 8.88. The second-order valence-corrected chi connectivity index (χ2v) is 8.88. The number of benzene rings is 1. The lowest BCUT2D eigenvalue weighted by Crippen LogP contribution is -2.44. The number of amides is 1. The van der Waals surface area contributed by atoms with Crippen LogP contribution < -0.4 is 0 Å². The highest BCUT2D eigenvalue weighted by atomic mass is 16.4. The standard InChI is InChI=1S/C27H34N4O2/c32-27(31-21-9-7-14-24(31)17-16-23-13-6-8-20-28-23)19-18-26-30-29-25(33-26)15-5-4-12-22-10-2-1-3-11-22/h1-3,6,8,10-11,13,20,24H,4-5,7,9,12,14-19,21H2. The van der Waals surface area contributed by atoms with Gasteiger partial charge in [0.05, 0.1) is 0 Å². The van der Waals surface area contributed by atoms with Gasteiger partial charge < -0.3 is 9.32 Å². The van der Waals surface area contributed by atoms with Crippen LogP contribution in [0.2, 0.25) is 0 Å². The molecule has 1 saturated heterocycles. The SMILES string of the molecule is O=C(CCc1nnc(CCCCc2ccccc2)o1)N1CCCCC1CCc1ccccn1. The molecule has 174 valence electrons. The summed E-state index contributed by atoms with van der Waals surface area (Å²) in [4.78, 5) is 19.5. The van der Waals surface area contributed by atoms with Gasteiger partial charge in [-0.25, -0.2) is 0 Å². The van der Waals surface area contributed by atoms with Crippen LogP contribution in [0, 0.1) is 0 Å². The highest BCUT2D eigenvalue weighted by molar-refractivity contribution is 5.76. The van der Waals surface area contributed by atoms with E-state index >= 15 is 0 Å². The third-order valence-corrected chi connectivity index (χ3v) is 6.42. The highest BCUT2D eigenvalue weighted by Gasteiger charge is 2.26. The summed E-state index contributed by atoms with van der Waals surface area (Å²) in [5, 5.41) is 8.35. The molecule has 0 N–H and O–H groups in total. The van der Waals surface area contributed by atoms with Crippen molar-refractivity contribution in [2.24, 2.45) is 0 Å². The number of nitrogens with zero attached hydrogens (tertiary/aromatic N) is 4. The Morgan fingerprint density at radius 2 is 1.70 bits per heavy atom. The molecule has 6 heteroatoms. The molecule has 0 radical (unpaired) electrons. The Bertz CT molecular complexity index is 974. The monoisotopic (exact) mass is 446 g/mol. The molecule has 3 heterocycles. The van der Waals surface area contributed by atoms with Crippen LogP contribution in [0.5, 0.6) is 0 Å². The van der Waals surface area contributed by atoms with Gasteiger partial charge in [-0.15, -0.1) is 10.2 Å². The highest BCUT2D eigenvalue weighted by Crippen LogP contribution is 2.22. The lowest BCUT2D eigenvalue weighted by Gasteiger charge is -2.36. The van der Waals surface area contributed by atoms with Crippen LogP contribution >= 0.6 is 0 Å². The molecule has 3 aromatic rings. The Morgan fingerprint density at radius 3 is 2.52 bits per heavy atom. The lowest BCUT2D eigenvalue weighted by molar-refractivity contribution is -0.135. The van der Waals surface area contributed by atoms with E-state index in [0.717, 1.165) is 63.6 Å². The fourth-order valence-corrected chi connectivity index (χ4v) is 4.59. The van der Waals surface area contributed by atoms with E-state index in [0.29, 0.717) is 30.7 Å². The Labute approximate surface area is 196 Å². The van der Waals surface area contributed by atoms with E-state index in [1.54, 1.807) is 0 Å². The predicted molar refractivity (Wildman–Crippen MR) is 128 cm³/mol. The Balaban J connectivity index is 1.19. The van der Waals surface area contributed by atoms with Crippen LogP contribution in [0.25, 0.3) is 0 Å². The number of carbonyl (C=O) groups is 1. The smallest absolute Gasteiger partial charge is 0.223 e. The third-order valence-electron chi connectivity index (χ3n) is 6.42. The number of aryl methyl sites for hydroxylation is 4. The molecule has 0 bridgehead atoms. The van der Waals surface area contributed by atoms with E-state index in [1.165, 1.54) is 12.0 Å². The molecule has 1 atom stereocenters. The zero-order chi connectivity index (χ0) is 22.7. The van der Waals surface area contributed by atoms with Gasteiger partial charge in [-0.1, -0.05) is 36.4 Å². The zero-order valence-electron chi connectivity index (χ0n) is 19.4. The first-order chi connectivity index (χ1) is 16.3. The molecule has 33 heavy (non-hydrogen) atoms. The van der Waals surface area contributed by atoms with E-state index < -0.39 is 0 Å². The van der Waals surface area contributed by atoms with Crippen LogP contribution in [0.15, 0.2) is 59.1 Å². The van der Waals surface area contributed by atoms with Crippen molar-refractivity contribution in [1.29, 1.82) is 0 Å². The summed E-state index contributed by atoms with van der Waals surface area (Å²) in [5.41, 5.74) is 2.45. The minimum atomic E-state index is 0.198. The first kappa shape index (κ1) is 23.1. The maximum Gasteiger partial charge on any atom is 0.223 e. The number of piperidine rings is 1. The van der Waals surface area contributed by atoms with Crippen molar-refractivity contribution in [3.63, 3.8) is 0 Å². The fourth-order valence-electron chi connectivity index (χ4n) is 4.59. The van der Waals surface area contributed by atoms with E-state index in [4.69, 9.17) is 4.42 Å². The number of pyridine rings is 1. The van der Waals surface area contributed by atoms with E-state index in [-0.39, 0.29) is 5.91 Å². The summed E-state index contributed by atoms with van der Waals surface area (Å²) in [6.45, 7) is 0.849. The summed E-state index contributed by atoms with van der Waals surface area (Å²) in [6, 6.07) is 16.8. The van der Waals surface area contributed by atoms with Crippen molar-refractivity contribution >= 4 is 5.91 Å². The molecular formula is C27H34N4O2. The molecule has 0 spiro atoms. The fraction of sp³-hybridized carbons (Fsp3) is 0.481. The summed E-state index contributed by atoms with van der Waals surface area (Å²) in [6.07, 6.45) is 12.0. The molecule has 0 saturated carbocycles. The Hall–Kier alpha value is -3.02. The Kier molecular flexibility index (Phi) is 8.62. The van der Waals surface area contributed by atoms with Gasteiger partial charge in [-0.2, -0.15) is 0 Å². The maximum atomic E-state index is 13.0. The average Bonchev–Trinajstić information content (AvgIpc) is 3.33. The predicted octanol–water partition coefficient (Wildman–Crippen LogP) is 4.98. The summed E-state index contributed by atoms with van der Waals surface area (Å²) in [5.74, 6) is 1.45. The number of carbonyl (C=O) groups excluding carboxylic acids is 1. The van der Waals surface area contributed by atoms with Crippen LogP contribution in [0.1, 0.15) is 68.0 Å². The number of hydrogen-bond acceptors (Lipinski definition) is 5. The van der Waals surface area contributed by atoms with Gasteiger partial charge in [0.2, 0.25) is 17.7 Å². The van der Waals surface area contributed by atoms with Crippen LogP contribution in [-0.4, -0.2) is 38.6 Å². The molecule has 1 fully saturated rings. The van der Waals surface area contributed by atoms with Crippen molar-refractivity contribution in [2.75, 3.05) is 6.54 Å².